The first kappa shape index (κ1) is 17.0. The Labute approximate surface area is 144 Å². The zero-order valence-corrected chi connectivity index (χ0v) is 15.0. The summed E-state index contributed by atoms with van der Waals surface area (Å²) in [6.07, 6.45) is 3.99. The van der Waals surface area contributed by atoms with Crippen LogP contribution in [0, 0.1) is 17.3 Å². The van der Waals surface area contributed by atoms with Crippen molar-refractivity contribution in [2.24, 2.45) is 17.3 Å². The molecule has 0 bridgehead atoms. The Morgan fingerprint density at radius 1 is 1.38 bits per heavy atom. The van der Waals surface area contributed by atoms with Crippen molar-refractivity contribution >= 4 is 17.4 Å². The molecule has 2 heterocycles. The van der Waals surface area contributed by atoms with Crippen LogP contribution >= 0.6 is 0 Å². The van der Waals surface area contributed by atoms with E-state index in [2.05, 4.69) is 49.0 Å². The Hall–Kier alpha value is -1.88. The molecule has 5 heteroatoms. The second kappa shape index (κ2) is 6.55. The molecule has 1 N–H and O–H groups in total. The number of nitrogens with zero attached hydrogens (tertiary/aromatic N) is 2. The highest BCUT2D eigenvalue weighted by atomic mass is 16.5. The Morgan fingerprint density at radius 3 is 2.75 bits per heavy atom. The van der Waals surface area contributed by atoms with Crippen LogP contribution in [0.15, 0.2) is 30.0 Å². The summed E-state index contributed by atoms with van der Waals surface area (Å²) in [6.45, 7) is 11.5. The summed E-state index contributed by atoms with van der Waals surface area (Å²) in [4.78, 5) is 19.5. The highest BCUT2D eigenvalue weighted by molar-refractivity contribution is 5.98. The average molecular weight is 329 g/mol. The molecule has 1 saturated heterocycles. The molecule has 5 nitrogen and oxygen atoms in total. The van der Waals surface area contributed by atoms with E-state index in [1.165, 1.54) is 5.57 Å². The molecule has 1 aliphatic heterocycles. The lowest BCUT2D eigenvalue weighted by Gasteiger charge is -2.29. The summed E-state index contributed by atoms with van der Waals surface area (Å²) in [7, 11) is 0. The third-order valence-corrected chi connectivity index (χ3v) is 5.06. The van der Waals surface area contributed by atoms with Gasteiger partial charge in [-0.3, -0.25) is 4.79 Å². The van der Waals surface area contributed by atoms with Gasteiger partial charge in [0, 0.05) is 19.3 Å². The van der Waals surface area contributed by atoms with Crippen molar-refractivity contribution in [1.29, 1.82) is 0 Å². The van der Waals surface area contributed by atoms with Gasteiger partial charge in [-0.2, -0.15) is 0 Å². The van der Waals surface area contributed by atoms with Crippen molar-refractivity contribution in [2.45, 2.75) is 27.7 Å². The van der Waals surface area contributed by atoms with Gasteiger partial charge in [0.15, 0.2) is 5.82 Å². The predicted molar refractivity (Wildman–Crippen MR) is 96.1 cm³/mol. The summed E-state index contributed by atoms with van der Waals surface area (Å²) < 4.78 is 5.41. The van der Waals surface area contributed by atoms with E-state index in [4.69, 9.17) is 4.74 Å². The highest BCUT2D eigenvalue weighted by Gasteiger charge is 2.60. The van der Waals surface area contributed by atoms with Gasteiger partial charge in [0.05, 0.1) is 24.8 Å². The number of morpholine rings is 1. The zero-order valence-electron chi connectivity index (χ0n) is 15.0. The third-order valence-electron chi connectivity index (χ3n) is 5.06. The number of rotatable bonds is 4. The van der Waals surface area contributed by atoms with Gasteiger partial charge in [0.1, 0.15) is 0 Å². The van der Waals surface area contributed by atoms with Gasteiger partial charge in [-0.1, -0.05) is 25.5 Å². The number of pyridine rings is 1. The van der Waals surface area contributed by atoms with Crippen LogP contribution in [0.4, 0.5) is 11.5 Å². The maximum absolute atomic E-state index is 12.8. The minimum absolute atomic E-state index is 0.0166. The van der Waals surface area contributed by atoms with Crippen LogP contribution in [0.25, 0.3) is 0 Å². The highest BCUT2D eigenvalue weighted by Crippen LogP contribution is 2.59. The van der Waals surface area contributed by atoms with Crippen LogP contribution in [0.3, 0.4) is 0 Å². The Kier molecular flexibility index (Phi) is 4.63. The minimum atomic E-state index is 0.0166. The lowest BCUT2D eigenvalue weighted by atomic mass is 10.1. The molecular weight excluding hydrogens is 302 g/mol. The van der Waals surface area contributed by atoms with Crippen LogP contribution in [0.2, 0.25) is 0 Å². The van der Waals surface area contributed by atoms with Gasteiger partial charge in [0.25, 0.3) is 0 Å². The molecule has 1 saturated carbocycles. The lowest BCUT2D eigenvalue weighted by molar-refractivity contribution is -0.118. The van der Waals surface area contributed by atoms with Crippen LogP contribution in [-0.4, -0.2) is 37.2 Å². The molecule has 1 aromatic heterocycles. The maximum Gasteiger partial charge on any atom is 0.228 e. The molecule has 2 unspecified atom stereocenters. The van der Waals surface area contributed by atoms with Crippen LogP contribution < -0.4 is 10.2 Å². The van der Waals surface area contributed by atoms with Gasteiger partial charge >= 0.3 is 0 Å². The van der Waals surface area contributed by atoms with Crippen molar-refractivity contribution in [2.75, 3.05) is 36.5 Å². The number of hydrogen-bond donors (Lipinski definition) is 1. The number of anilines is 2. The van der Waals surface area contributed by atoms with E-state index >= 15 is 0 Å². The van der Waals surface area contributed by atoms with E-state index in [9.17, 15) is 4.79 Å². The number of carbonyl (C=O) groups excluding carboxylic acids is 1. The number of nitrogens with one attached hydrogen (secondary N) is 1. The van der Waals surface area contributed by atoms with Crippen molar-refractivity contribution in [1.82, 2.24) is 4.98 Å². The molecule has 2 atom stereocenters. The van der Waals surface area contributed by atoms with E-state index < -0.39 is 0 Å². The summed E-state index contributed by atoms with van der Waals surface area (Å²) in [5.74, 6) is 1.26. The molecule has 3 rings (SSSR count). The van der Waals surface area contributed by atoms with Crippen LogP contribution in [0.5, 0.6) is 0 Å². The van der Waals surface area contributed by atoms with Crippen LogP contribution in [0.1, 0.15) is 27.7 Å². The molecule has 24 heavy (non-hydrogen) atoms. The van der Waals surface area contributed by atoms with Gasteiger partial charge in [-0.15, -0.1) is 0 Å². The minimum Gasteiger partial charge on any atom is -0.378 e. The largest absolute Gasteiger partial charge is 0.378 e. The normalized spacial score (nSPS) is 25.1. The van der Waals surface area contributed by atoms with Crippen LogP contribution in [-0.2, 0) is 9.53 Å². The second-order valence-corrected chi connectivity index (χ2v) is 7.53. The fourth-order valence-electron chi connectivity index (χ4n) is 3.58. The summed E-state index contributed by atoms with van der Waals surface area (Å²) in [6, 6.07) is 3.80. The Bertz CT molecular complexity index is 644. The number of carbonyl (C=O) groups is 1. The quantitative estimate of drug-likeness (QED) is 0.863. The van der Waals surface area contributed by atoms with E-state index in [0.29, 0.717) is 19.1 Å². The van der Waals surface area contributed by atoms with Gasteiger partial charge < -0.3 is 15.0 Å². The molecule has 0 radical (unpaired) electrons. The summed E-state index contributed by atoms with van der Waals surface area (Å²) in [5, 5.41) is 3.12. The Morgan fingerprint density at radius 2 is 2.08 bits per heavy atom. The lowest BCUT2D eigenvalue weighted by Crippen LogP contribution is -2.37. The monoisotopic (exact) mass is 329 g/mol. The molecule has 1 aliphatic carbocycles. The van der Waals surface area contributed by atoms with E-state index in [1.807, 2.05) is 12.1 Å². The number of hydrogen-bond acceptors (Lipinski definition) is 4. The SMILES string of the molecule is CC(C)=CC1C(C(=O)Nc2cccnc2N2CCOCC2)C1(C)C. The fraction of sp³-hybridized carbons (Fsp3) is 0.579. The van der Waals surface area contributed by atoms with E-state index in [-0.39, 0.29) is 17.2 Å². The van der Waals surface area contributed by atoms with Gasteiger partial charge in [0.2, 0.25) is 5.91 Å². The average Bonchev–Trinajstić information content (AvgIpc) is 3.08. The zero-order chi connectivity index (χ0) is 17.3. The third kappa shape index (κ3) is 3.31. The molecule has 1 amide bonds. The smallest absolute Gasteiger partial charge is 0.228 e. The van der Waals surface area contributed by atoms with Gasteiger partial charge in [-0.25, -0.2) is 4.98 Å². The topological polar surface area (TPSA) is 54.5 Å². The van der Waals surface area contributed by atoms with Crippen molar-refractivity contribution < 1.29 is 9.53 Å². The predicted octanol–water partition coefficient (Wildman–Crippen LogP) is 3.10. The van der Waals surface area contributed by atoms with Crippen molar-refractivity contribution in [3.63, 3.8) is 0 Å². The molecule has 0 spiro atoms. The van der Waals surface area contributed by atoms with Crippen molar-refractivity contribution in [3.8, 4) is 0 Å². The first-order valence-electron chi connectivity index (χ1n) is 8.65. The maximum atomic E-state index is 12.8. The number of ether oxygens (including phenoxy) is 1. The standard InChI is InChI=1S/C19H27N3O2/c1-13(2)12-14-16(19(14,3)4)18(23)21-15-6-5-7-20-17(15)22-8-10-24-11-9-22/h5-7,12,14,16H,8-11H2,1-4H3,(H,21,23). The molecule has 130 valence electrons. The Balaban J connectivity index is 1.75. The van der Waals surface area contributed by atoms with Gasteiger partial charge in [-0.05, 0) is 37.3 Å². The first-order chi connectivity index (χ1) is 11.4. The fourth-order valence-corrected chi connectivity index (χ4v) is 3.58. The molecular formula is C19H27N3O2. The number of amides is 1. The van der Waals surface area contributed by atoms with Crippen molar-refractivity contribution in [3.05, 3.63) is 30.0 Å². The molecule has 0 aromatic carbocycles. The molecule has 2 aliphatic rings. The second-order valence-electron chi connectivity index (χ2n) is 7.53. The molecule has 2 fully saturated rings. The van der Waals surface area contributed by atoms with E-state index in [1.54, 1.807) is 6.20 Å². The molecule has 1 aromatic rings. The number of allylic oxidation sites excluding steroid dienone is 2. The first-order valence-corrected chi connectivity index (χ1v) is 8.65. The summed E-state index contributed by atoms with van der Waals surface area (Å²) in [5.41, 5.74) is 2.07. The van der Waals surface area contributed by atoms with E-state index in [0.717, 1.165) is 24.6 Å². The summed E-state index contributed by atoms with van der Waals surface area (Å²) >= 11 is 0. The number of aromatic nitrogens is 1.